The summed E-state index contributed by atoms with van der Waals surface area (Å²) in [7, 11) is 0. The first-order chi connectivity index (χ1) is 10.6. The normalized spacial score (nSPS) is 20.3. The minimum Gasteiger partial charge on any atom is -0.378 e. The third-order valence-electron chi connectivity index (χ3n) is 5.02. The van der Waals surface area contributed by atoms with Crippen molar-refractivity contribution in [1.82, 2.24) is 4.90 Å². The fraction of sp³-hybridized carbons (Fsp3) is 0.611. The molecule has 120 valence electrons. The van der Waals surface area contributed by atoms with Crippen molar-refractivity contribution in [2.45, 2.75) is 26.7 Å². The Morgan fingerprint density at radius 3 is 2.36 bits per heavy atom. The van der Waals surface area contributed by atoms with Gasteiger partial charge in [-0.2, -0.15) is 0 Å². The Morgan fingerprint density at radius 1 is 1.05 bits per heavy atom. The molecular weight excluding hydrogens is 276 g/mol. The van der Waals surface area contributed by atoms with Crippen LogP contribution < -0.4 is 4.90 Å². The van der Waals surface area contributed by atoms with E-state index in [1.165, 1.54) is 16.8 Å². The molecule has 4 nitrogen and oxygen atoms in total. The third-order valence-corrected chi connectivity index (χ3v) is 5.02. The van der Waals surface area contributed by atoms with E-state index in [0.717, 1.165) is 39.0 Å². The van der Waals surface area contributed by atoms with E-state index in [1.807, 2.05) is 4.90 Å². The number of benzene rings is 1. The number of amides is 1. The summed E-state index contributed by atoms with van der Waals surface area (Å²) in [5, 5.41) is 0. The predicted molar refractivity (Wildman–Crippen MR) is 88.3 cm³/mol. The summed E-state index contributed by atoms with van der Waals surface area (Å²) in [6.45, 7) is 9.15. The molecule has 0 spiro atoms. The van der Waals surface area contributed by atoms with Gasteiger partial charge in [-0.3, -0.25) is 4.79 Å². The van der Waals surface area contributed by atoms with E-state index in [2.05, 4.69) is 36.9 Å². The lowest BCUT2D eigenvalue weighted by Gasteiger charge is -2.36. The molecule has 2 aliphatic rings. The summed E-state index contributed by atoms with van der Waals surface area (Å²) in [4.78, 5) is 16.9. The number of carbonyl (C=O) groups excluding carboxylic acids is 1. The van der Waals surface area contributed by atoms with Crippen molar-refractivity contribution in [3.8, 4) is 0 Å². The fourth-order valence-electron chi connectivity index (χ4n) is 3.35. The number of aryl methyl sites for hydroxylation is 2. The predicted octanol–water partition coefficient (Wildman–Crippen LogP) is 2.38. The quantitative estimate of drug-likeness (QED) is 0.841. The second-order valence-electron chi connectivity index (χ2n) is 6.47. The van der Waals surface area contributed by atoms with Crippen LogP contribution in [-0.2, 0) is 9.53 Å². The summed E-state index contributed by atoms with van der Waals surface area (Å²) >= 11 is 0. The maximum absolute atomic E-state index is 12.5. The number of anilines is 1. The highest BCUT2D eigenvalue weighted by atomic mass is 16.5. The number of hydrogen-bond donors (Lipinski definition) is 0. The maximum Gasteiger partial charge on any atom is 0.225 e. The van der Waals surface area contributed by atoms with E-state index >= 15 is 0 Å². The van der Waals surface area contributed by atoms with Crippen LogP contribution in [0, 0.1) is 19.8 Å². The first kappa shape index (κ1) is 15.3. The standard InChI is InChI=1S/C18H26N2O2/c1-14-3-4-17(13-15(14)2)19-7-5-16(6-8-19)18(21)20-9-11-22-12-10-20/h3-4,13,16H,5-12H2,1-2H3. The number of hydrogen-bond acceptors (Lipinski definition) is 3. The molecule has 22 heavy (non-hydrogen) atoms. The zero-order valence-electron chi connectivity index (χ0n) is 13.7. The van der Waals surface area contributed by atoms with Crippen LogP contribution >= 0.6 is 0 Å². The molecule has 3 rings (SSSR count). The van der Waals surface area contributed by atoms with E-state index in [9.17, 15) is 4.79 Å². The van der Waals surface area contributed by atoms with Gasteiger partial charge in [0.05, 0.1) is 13.2 Å². The minimum absolute atomic E-state index is 0.195. The Labute approximate surface area is 133 Å². The van der Waals surface area contributed by atoms with Crippen LogP contribution in [0.2, 0.25) is 0 Å². The lowest BCUT2D eigenvalue weighted by atomic mass is 9.94. The molecule has 2 saturated heterocycles. The van der Waals surface area contributed by atoms with Gasteiger partial charge in [-0.25, -0.2) is 0 Å². The van der Waals surface area contributed by atoms with Crippen molar-refractivity contribution in [3.63, 3.8) is 0 Å². The Morgan fingerprint density at radius 2 is 1.73 bits per heavy atom. The number of ether oxygens (including phenoxy) is 1. The summed E-state index contributed by atoms with van der Waals surface area (Å²) in [6, 6.07) is 6.65. The molecule has 1 amide bonds. The number of rotatable bonds is 2. The molecule has 0 atom stereocenters. The average Bonchev–Trinajstić information content (AvgIpc) is 2.58. The van der Waals surface area contributed by atoms with Gasteiger partial charge in [-0.05, 0) is 49.9 Å². The van der Waals surface area contributed by atoms with Gasteiger partial charge in [0.2, 0.25) is 5.91 Å². The lowest BCUT2D eigenvalue weighted by molar-refractivity contribution is -0.140. The van der Waals surface area contributed by atoms with E-state index in [4.69, 9.17) is 4.74 Å². The van der Waals surface area contributed by atoms with Gasteiger partial charge in [-0.1, -0.05) is 6.07 Å². The van der Waals surface area contributed by atoms with Gasteiger partial charge < -0.3 is 14.5 Å². The largest absolute Gasteiger partial charge is 0.378 e. The van der Waals surface area contributed by atoms with Gasteiger partial charge in [0.15, 0.2) is 0 Å². The summed E-state index contributed by atoms with van der Waals surface area (Å²) < 4.78 is 5.33. The summed E-state index contributed by atoms with van der Waals surface area (Å²) in [6.07, 6.45) is 1.92. The molecule has 0 aliphatic carbocycles. The smallest absolute Gasteiger partial charge is 0.225 e. The molecule has 2 heterocycles. The molecular formula is C18H26N2O2. The topological polar surface area (TPSA) is 32.8 Å². The number of carbonyl (C=O) groups is 1. The van der Waals surface area contributed by atoms with Crippen LogP contribution in [0.15, 0.2) is 18.2 Å². The molecule has 2 aliphatic heterocycles. The Bertz CT molecular complexity index is 530. The SMILES string of the molecule is Cc1ccc(N2CCC(C(=O)N3CCOCC3)CC2)cc1C. The highest BCUT2D eigenvalue weighted by Crippen LogP contribution is 2.26. The molecule has 4 heteroatoms. The van der Waals surface area contributed by atoms with Crippen molar-refractivity contribution >= 4 is 11.6 Å². The highest BCUT2D eigenvalue weighted by Gasteiger charge is 2.29. The molecule has 1 aromatic rings. The maximum atomic E-state index is 12.5. The second kappa shape index (κ2) is 6.69. The van der Waals surface area contributed by atoms with Crippen LogP contribution in [0.4, 0.5) is 5.69 Å². The molecule has 1 aromatic carbocycles. The van der Waals surface area contributed by atoms with E-state index in [-0.39, 0.29) is 5.92 Å². The van der Waals surface area contributed by atoms with Gasteiger partial charge in [0, 0.05) is 37.8 Å². The second-order valence-corrected chi connectivity index (χ2v) is 6.47. The molecule has 0 unspecified atom stereocenters. The number of morpholine rings is 1. The van der Waals surface area contributed by atoms with Gasteiger partial charge in [0.1, 0.15) is 0 Å². The first-order valence-electron chi connectivity index (χ1n) is 8.34. The van der Waals surface area contributed by atoms with Crippen LogP contribution in [0.5, 0.6) is 0 Å². The Kier molecular flexibility index (Phi) is 4.67. The van der Waals surface area contributed by atoms with Crippen molar-refractivity contribution in [2.75, 3.05) is 44.3 Å². The Balaban J connectivity index is 1.57. The van der Waals surface area contributed by atoms with Crippen LogP contribution in [0.3, 0.4) is 0 Å². The number of nitrogens with zero attached hydrogens (tertiary/aromatic N) is 2. The van der Waals surface area contributed by atoms with Crippen molar-refractivity contribution in [2.24, 2.45) is 5.92 Å². The molecule has 0 saturated carbocycles. The van der Waals surface area contributed by atoms with Crippen LogP contribution in [0.25, 0.3) is 0 Å². The van der Waals surface area contributed by atoms with Gasteiger partial charge >= 0.3 is 0 Å². The van der Waals surface area contributed by atoms with Crippen LogP contribution in [-0.4, -0.2) is 50.2 Å². The Hall–Kier alpha value is -1.55. The average molecular weight is 302 g/mol. The highest BCUT2D eigenvalue weighted by molar-refractivity contribution is 5.79. The zero-order chi connectivity index (χ0) is 15.5. The lowest BCUT2D eigenvalue weighted by Crippen LogP contribution is -2.46. The molecule has 0 N–H and O–H groups in total. The van der Waals surface area contributed by atoms with Crippen molar-refractivity contribution in [1.29, 1.82) is 0 Å². The van der Waals surface area contributed by atoms with Gasteiger partial charge in [0.25, 0.3) is 0 Å². The molecule has 0 bridgehead atoms. The first-order valence-corrected chi connectivity index (χ1v) is 8.34. The molecule has 0 radical (unpaired) electrons. The molecule has 2 fully saturated rings. The fourth-order valence-corrected chi connectivity index (χ4v) is 3.35. The van der Waals surface area contributed by atoms with Gasteiger partial charge in [-0.15, -0.1) is 0 Å². The molecule has 0 aromatic heterocycles. The summed E-state index contributed by atoms with van der Waals surface area (Å²) in [5.41, 5.74) is 3.96. The van der Waals surface area contributed by atoms with Crippen molar-refractivity contribution in [3.05, 3.63) is 29.3 Å². The summed E-state index contributed by atoms with van der Waals surface area (Å²) in [5.74, 6) is 0.531. The third kappa shape index (κ3) is 3.27. The van der Waals surface area contributed by atoms with E-state index < -0.39 is 0 Å². The van der Waals surface area contributed by atoms with Crippen molar-refractivity contribution < 1.29 is 9.53 Å². The minimum atomic E-state index is 0.195. The van der Waals surface area contributed by atoms with E-state index in [0.29, 0.717) is 19.1 Å². The van der Waals surface area contributed by atoms with Crippen LogP contribution in [0.1, 0.15) is 24.0 Å². The zero-order valence-corrected chi connectivity index (χ0v) is 13.7. The monoisotopic (exact) mass is 302 g/mol. The van der Waals surface area contributed by atoms with E-state index in [1.54, 1.807) is 0 Å². The number of piperidine rings is 1.